The Labute approximate surface area is 105 Å². The van der Waals surface area contributed by atoms with E-state index in [0.29, 0.717) is 11.3 Å². The predicted octanol–water partition coefficient (Wildman–Crippen LogP) is 2.56. The van der Waals surface area contributed by atoms with E-state index in [9.17, 15) is 0 Å². The zero-order chi connectivity index (χ0) is 13.3. The van der Waals surface area contributed by atoms with E-state index in [4.69, 9.17) is 20.1 Å². The van der Waals surface area contributed by atoms with Crippen LogP contribution in [0, 0.1) is 13.8 Å². The van der Waals surface area contributed by atoms with Gasteiger partial charge in [0.1, 0.15) is 5.76 Å². The van der Waals surface area contributed by atoms with Gasteiger partial charge in [-0.15, -0.1) is 0 Å². The van der Waals surface area contributed by atoms with Crippen molar-refractivity contribution in [2.24, 2.45) is 10.9 Å². The van der Waals surface area contributed by atoms with Crippen molar-refractivity contribution in [2.45, 2.75) is 26.9 Å². The first kappa shape index (κ1) is 12.3. The molecular weight excluding hydrogens is 232 g/mol. The van der Waals surface area contributed by atoms with Gasteiger partial charge in [0.05, 0.1) is 0 Å². The molecular formula is C13H16N2O3. The van der Waals surface area contributed by atoms with Gasteiger partial charge in [-0.1, -0.05) is 17.3 Å². The van der Waals surface area contributed by atoms with Gasteiger partial charge >= 0.3 is 0 Å². The lowest BCUT2D eigenvalue weighted by molar-refractivity contribution is 0.265. The Morgan fingerprint density at radius 1 is 1.44 bits per heavy atom. The fourth-order valence-electron chi connectivity index (χ4n) is 1.76. The standard InChI is InChI=1S/C13H16N2O3/c1-7-8(2)18-12-10(7)5-4-6-11(12)17-9(3)13(14)15-16/h4-6,9,16H,1-3H3,(H2,14,15). The summed E-state index contributed by atoms with van der Waals surface area (Å²) in [5.74, 6) is 1.47. The van der Waals surface area contributed by atoms with Gasteiger partial charge in [0, 0.05) is 5.39 Å². The van der Waals surface area contributed by atoms with E-state index in [1.165, 1.54) is 0 Å². The molecule has 1 atom stereocenters. The first-order chi connectivity index (χ1) is 8.54. The molecule has 1 heterocycles. The zero-order valence-corrected chi connectivity index (χ0v) is 10.6. The van der Waals surface area contributed by atoms with E-state index >= 15 is 0 Å². The second-order valence-corrected chi connectivity index (χ2v) is 4.20. The highest BCUT2D eigenvalue weighted by molar-refractivity contribution is 5.88. The van der Waals surface area contributed by atoms with Crippen LogP contribution in [0.25, 0.3) is 11.0 Å². The van der Waals surface area contributed by atoms with Crippen molar-refractivity contribution in [2.75, 3.05) is 0 Å². The molecule has 18 heavy (non-hydrogen) atoms. The molecule has 0 fully saturated rings. The highest BCUT2D eigenvalue weighted by atomic mass is 16.5. The van der Waals surface area contributed by atoms with E-state index in [2.05, 4.69) is 5.16 Å². The highest BCUT2D eigenvalue weighted by Gasteiger charge is 2.15. The summed E-state index contributed by atoms with van der Waals surface area (Å²) in [6.07, 6.45) is -0.522. The molecule has 3 N–H and O–H groups in total. The number of nitrogens with two attached hydrogens (primary N) is 1. The van der Waals surface area contributed by atoms with Gasteiger partial charge < -0.3 is 20.1 Å². The Bertz CT molecular complexity index is 602. The van der Waals surface area contributed by atoms with Crippen LogP contribution in [0.5, 0.6) is 5.75 Å². The third-order valence-electron chi connectivity index (χ3n) is 3.00. The summed E-state index contributed by atoms with van der Waals surface area (Å²) in [4.78, 5) is 0. The zero-order valence-electron chi connectivity index (χ0n) is 10.6. The maximum absolute atomic E-state index is 8.60. The summed E-state index contributed by atoms with van der Waals surface area (Å²) >= 11 is 0. The number of benzene rings is 1. The van der Waals surface area contributed by atoms with Crippen molar-refractivity contribution in [3.63, 3.8) is 0 Å². The highest BCUT2D eigenvalue weighted by Crippen LogP contribution is 2.32. The van der Waals surface area contributed by atoms with Gasteiger partial charge in [-0.25, -0.2) is 0 Å². The number of furan rings is 1. The molecule has 1 aromatic heterocycles. The molecule has 0 amide bonds. The van der Waals surface area contributed by atoms with Crippen LogP contribution in [-0.2, 0) is 0 Å². The average molecular weight is 248 g/mol. The fraction of sp³-hybridized carbons (Fsp3) is 0.308. The molecule has 1 aromatic carbocycles. The van der Waals surface area contributed by atoms with Crippen molar-refractivity contribution in [1.29, 1.82) is 0 Å². The summed E-state index contributed by atoms with van der Waals surface area (Å²) in [6.45, 7) is 5.61. The summed E-state index contributed by atoms with van der Waals surface area (Å²) < 4.78 is 11.3. The second-order valence-electron chi connectivity index (χ2n) is 4.20. The third kappa shape index (κ3) is 1.99. The van der Waals surface area contributed by atoms with Gasteiger partial charge in [0.2, 0.25) is 0 Å². The number of ether oxygens (including phenoxy) is 1. The minimum atomic E-state index is -0.522. The van der Waals surface area contributed by atoms with E-state index in [1.807, 2.05) is 26.0 Å². The second kappa shape index (κ2) is 4.60. The van der Waals surface area contributed by atoms with Crippen LogP contribution in [-0.4, -0.2) is 17.1 Å². The molecule has 1 unspecified atom stereocenters. The number of rotatable bonds is 3. The number of aryl methyl sites for hydroxylation is 2. The lowest BCUT2D eigenvalue weighted by Gasteiger charge is -2.13. The first-order valence-corrected chi connectivity index (χ1v) is 5.67. The van der Waals surface area contributed by atoms with Crippen molar-refractivity contribution in [3.8, 4) is 5.75 Å². The minimum Gasteiger partial charge on any atom is -0.479 e. The summed E-state index contributed by atoms with van der Waals surface area (Å²) in [6, 6.07) is 5.66. The predicted molar refractivity (Wildman–Crippen MR) is 69.2 cm³/mol. The maximum Gasteiger partial charge on any atom is 0.180 e. The van der Waals surface area contributed by atoms with Crippen LogP contribution in [0.15, 0.2) is 27.8 Å². The van der Waals surface area contributed by atoms with Crippen LogP contribution in [0.3, 0.4) is 0 Å². The van der Waals surface area contributed by atoms with Crippen LogP contribution < -0.4 is 10.5 Å². The number of para-hydroxylation sites is 1. The summed E-state index contributed by atoms with van der Waals surface area (Å²) in [5.41, 5.74) is 7.26. The number of hydrogen-bond donors (Lipinski definition) is 2. The van der Waals surface area contributed by atoms with Crippen LogP contribution in [0.1, 0.15) is 18.2 Å². The Hall–Kier alpha value is -2.17. The number of fused-ring (bicyclic) bond motifs is 1. The Balaban J connectivity index is 2.43. The molecule has 0 saturated carbocycles. The molecule has 0 saturated heterocycles. The molecule has 2 aromatic rings. The number of amidine groups is 1. The van der Waals surface area contributed by atoms with Gasteiger partial charge in [-0.2, -0.15) is 0 Å². The molecule has 0 spiro atoms. The monoisotopic (exact) mass is 248 g/mol. The molecule has 5 heteroatoms. The van der Waals surface area contributed by atoms with Crippen LogP contribution in [0.4, 0.5) is 0 Å². The van der Waals surface area contributed by atoms with E-state index < -0.39 is 6.10 Å². The van der Waals surface area contributed by atoms with Crippen molar-refractivity contribution in [3.05, 3.63) is 29.5 Å². The molecule has 0 bridgehead atoms. The van der Waals surface area contributed by atoms with Gasteiger partial charge in [-0.3, -0.25) is 0 Å². The third-order valence-corrected chi connectivity index (χ3v) is 3.00. The SMILES string of the molecule is Cc1oc2c(OC(C)C(N)=NO)cccc2c1C. The van der Waals surface area contributed by atoms with E-state index in [0.717, 1.165) is 16.7 Å². The molecule has 5 nitrogen and oxygen atoms in total. The Kier molecular flexibility index (Phi) is 3.14. The van der Waals surface area contributed by atoms with Gasteiger partial charge in [0.15, 0.2) is 23.3 Å². The fourth-order valence-corrected chi connectivity index (χ4v) is 1.76. The Morgan fingerprint density at radius 2 is 2.17 bits per heavy atom. The average Bonchev–Trinajstić information content (AvgIpc) is 2.66. The molecule has 0 aliphatic carbocycles. The number of hydrogen-bond acceptors (Lipinski definition) is 4. The largest absolute Gasteiger partial charge is 0.479 e. The molecule has 0 radical (unpaired) electrons. The van der Waals surface area contributed by atoms with Crippen molar-refractivity contribution >= 4 is 16.8 Å². The number of oxime groups is 1. The first-order valence-electron chi connectivity index (χ1n) is 5.67. The van der Waals surface area contributed by atoms with Crippen LogP contribution in [0.2, 0.25) is 0 Å². The molecule has 0 aliphatic rings. The summed E-state index contributed by atoms with van der Waals surface area (Å²) in [5, 5.41) is 12.5. The smallest absolute Gasteiger partial charge is 0.180 e. The van der Waals surface area contributed by atoms with E-state index in [-0.39, 0.29) is 5.84 Å². The minimum absolute atomic E-state index is 0.0204. The van der Waals surface area contributed by atoms with Crippen LogP contribution >= 0.6 is 0 Å². The van der Waals surface area contributed by atoms with Gasteiger partial charge in [0.25, 0.3) is 0 Å². The molecule has 2 rings (SSSR count). The van der Waals surface area contributed by atoms with Crippen molar-refractivity contribution in [1.82, 2.24) is 0 Å². The summed E-state index contributed by atoms with van der Waals surface area (Å²) in [7, 11) is 0. The molecule has 0 aliphatic heterocycles. The van der Waals surface area contributed by atoms with Crippen molar-refractivity contribution < 1.29 is 14.4 Å². The lowest BCUT2D eigenvalue weighted by atomic mass is 10.1. The lowest BCUT2D eigenvalue weighted by Crippen LogP contribution is -2.31. The number of nitrogens with zero attached hydrogens (tertiary/aromatic N) is 1. The normalized spacial score (nSPS) is 13.8. The topological polar surface area (TPSA) is 81.0 Å². The maximum atomic E-state index is 8.60. The quantitative estimate of drug-likeness (QED) is 0.378. The Morgan fingerprint density at radius 3 is 2.83 bits per heavy atom. The van der Waals surface area contributed by atoms with E-state index in [1.54, 1.807) is 13.0 Å². The van der Waals surface area contributed by atoms with Gasteiger partial charge in [-0.05, 0) is 32.4 Å². The molecule has 96 valence electrons.